The van der Waals surface area contributed by atoms with E-state index in [9.17, 15) is 0 Å². The summed E-state index contributed by atoms with van der Waals surface area (Å²) in [6.45, 7) is 5.30. The fourth-order valence-corrected chi connectivity index (χ4v) is 2.62. The van der Waals surface area contributed by atoms with Crippen molar-refractivity contribution >= 4 is 17.6 Å². The van der Waals surface area contributed by atoms with E-state index in [1.807, 2.05) is 19.2 Å². The third-order valence-electron chi connectivity index (χ3n) is 3.35. The second-order valence-corrected chi connectivity index (χ2v) is 6.06. The largest absolute Gasteiger partial charge is 0.370 e. The molecule has 0 aromatic carbocycles. The summed E-state index contributed by atoms with van der Waals surface area (Å²) in [5, 5.41) is 4.26. The summed E-state index contributed by atoms with van der Waals surface area (Å²) in [4.78, 5) is 8.82. The van der Waals surface area contributed by atoms with Crippen LogP contribution in [0.25, 0.3) is 0 Å². The van der Waals surface area contributed by atoms with Gasteiger partial charge in [0.15, 0.2) is 5.16 Å². The molecule has 3 nitrogen and oxygen atoms in total. The second kappa shape index (κ2) is 11.0. The standard InChI is InChI=1S/C16H29N3S/c1-4-5-6-7-8-9-10-11-12-17-15-13-14(2)18-16(19-15)20-3/h13H,4-12H2,1-3H3,(H,17,18,19). The summed E-state index contributed by atoms with van der Waals surface area (Å²) < 4.78 is 0. The van der Waals surface area contributed by atoms with Gasteiger partial charge in [-0.25, -0.2) is 9.97 Å². The van der Waals surface area contributed by atoms with Gasteiger partial charge in [0.1, 0.15) is 5.82 Å². The number of rotatable bonds is 11. The first-order valence-electron chi connectivity index (χ1n) is 7.89. The summed E-state index contributed by atoms with van der Waals surface area (Å²) >= 11 is 1.59. The number of nitrogens with one attached hydrogen (secondary N) is 1. The number of aryl methyl sites for hydroxylation is 1. The third-order valence-corrected chi connectivity index (χ3v) is 3.90. The predicted molar refractivity (Wildman–Crippen MR) is 89.6 cm³/mol. The fourth-order valence-electron chi connectivity index (χ4n) is 2.20. The SMILES string of the molecule is CCCCCCCCCCNc1cc(C)nc(SC)n1. The Morgan fingerprint density at radius 2 is 1.65 bits per heavy atom. The van der Waals surface area contributed by atoms with Gasteiger partial charge in [-0.15, -0.1) is 0 Å². The molecule has 0 aliphatic carbocycles. The van der Waals surface area contributed by atoms with Crippen LogP contribution in [0, 0.1) is 6.92 Å². The molecule has 0 aliphatic rings. The van der Waals surface area contributed by atoms with Crippen molar-refractivity contribution < 1.29 is 0 Å². The predicted octanol–water partition coefficient (Wildman–Crippen LogP) is 5.06. The highest BCUT2D eigenvalue weighted by Crippen LogP contribution is 2.14. The quantitative estimate of drug-likeness (QED) is 0.352. The van der Waals surface area contributed by atoms with Gasteiger partial charge in [0.25, 0.3) is 0 Å². The van der Waals surface area contributed by atoms with Crippen molar-refractivity contribution in [1.29, 1.82) is 0 Å². The topological polar surface area (TPSA) is 37.8 Å². The number of nitrogens with zero attached hydrogens (tertiary/aromatic N) is 2. The average molecular weight is 295 g/mol. The molecule has 1 aromatic heterocycles. The molecular weight excluding hydrogens is 266 g/mol. The van der Waals surface area contributed by atoms with Crippen molar-refractivity contribution in [2.75, 3.05) is 18.1 Å². The number of thioether (sulfide) groups is 1. The summed E-state index contributed by atoms with van der Waals surface area (Å²) in [6, 6.07) is 2.02. The zero-order valence-electron chi connectivity index (χ0n) is 13.2. The first-order valence-corrected chi connectivity index (χ1v) is 9.12. The van der Waals surface area contributed by atoms with Crippen LogP contribution in [-0.4, -0.2) is 22.8 Å². The Morgan fingerprint density at radius 1 is 1.00 bits per heavy atom. The Hall–Kier alpha value is -0.770. The highest BCUT2D eigenvalue weighted by molar-refractivity contribution is 7.98. The molecule has 1 N–H and O–H groups in total. The summed E-state index contributed by atoms with van der Waals surface area (Å²) in [7, 11) is 0. The van der Waals surface area contributed by atoms with E-state index in [2.05, 4.69) is 22.2 Å². The van der Waals surface area contributed by atoms with Gasteiger partial charge in [0, 0.05) is 18.3 Å². The highest BCUT2D eigenvalue weighted by atomic mass is 32.2. The molecule has 0 spiro atoms. The zero-order chi connectivity index (χ0) is 14.6. The van der Waals surface area contributed by atoms with E-state index >= 15 is 0 Å². The molecule has 0 saturated heterocycles. The first-order chi connectivity index (χ1) is 9.76. The molecule has 0 unspecified atom stereocenters. The molecule has 0 atom stereocenters. The third kappa shape index (κ3) is 7.73. The zero-order valence-corrected chi connectivity index (χ0v) is 14.1. The van der Waals surface area contributed by atoms with Crippen LogP contribution in [0.3, 0.4) is 0 Å². The maximum Gasteiger partial charge on any atom is 0.189 e. The van der Waals surface area contributed by atoms with Gasteiger partial charge in [-0.3, -0.25) is 0 Å². The number of hydrogen-bond donors (Lipinski definition) is 1. The van der Waals surface area contributed by atoms with Gasteiger partial charge in [-0.2, -0.15) is 0 Å². The summed E-state index contributed by atoms with van der Waals surface area (Å²) in [6.07, 6.45) is 12.9. The van der Waals surface area contributed by atoms with Crippen LogP contribution >= 0.6 is 11.8 Å². The molecule has 0 aliphatic heterocycles. The number of unbranched alkanes of at least 4 members (excludes halogenated alkanes) is 7. The van der Waals surface area contributed by atoms with Gasteiger partial charge in [-0.1, -0.05) is 63.6 Å². The van der Waals surface area contributed by atoms with Crippen molar-refractivity contribution in [1.82, 2.24) is 9.97 Å². The Balaban J connectivity index is 2.08. The van der Waals surface area contributed by atoms with Gasteiger partial charge in [0.2, 0.25) is 0 Å². The monoisotopic (exact) mass is 295 g/mol. The fraction of sp³-hybridized carbons (Fsp3) is 0.750. The van der Waals surface area contributed by atoms with Crippen LogP contribution in [-0.2, 0) is 0 Å². The van der Waals surface area contributed by atoms with E-state index in [0.29, 0.717) is 0 Å². The molecule has 4 heteroatoms. The molecule has 1 aromatic rings. The van der Waals surface area contributed by atoms with Gasteiger partial charge in [-0.05, 0) is 19.6 Å². The van der Waals surface area contributed by atoms with Crippen LogP contribution in [0.2, 0.25) is 0 Å². The lowest BCUT2D eigenvalue weighted by molar-refractivity contribution is 0.581. The van der Waals surface area contributed by atoms with Crippen molar-refractivity contribution in [3.05, 3.63) is 11.8 Å². The van der Waals surface area contributed by atoms with E-state index in [1.165, 1.54) is 51.4 Å². The molecule has 0 amide bonds. The molecule has 1 rings (SSSR count). The van der Waals surface area contributed by atoms with Gasteiger partial charge in [0.05, 0.1) is 0 Å². The molecule has 0 bridgehead atoms. The Bertz CT molecular complexity index is 369. The molecule has 1 heterocycles. The minimum atomic E-state index is 0.850. The molecule has 0 radical (unpaired) electrons. The Morgan fingerprint density at radius 3 is 2.30 bits per heavy atom. The number of hydrogen-bond acceptors (Lipinski definition) is 4. The van der Waals surface area contributed by atoms with Crippen LogP contribution in [0.5, 0.6) is 0 Å². The van der Waals surface area contributed by atoms with Gasteiger partial charge < -0.3 is 5.32 Å². The lowest BCUT2D eigenvalue weighted by Crippen LogP contribution is -2.05. The van der Waals surface area contributed by atoms with Crippen LogP contribution < -0.4 is 5.32 Å². The van der Waals surface area contributed by atoms with E-state index in [0.717, 1.165) is 23.2 Å². The van der Waals surface area contributed by atoms with Gasteiger partial charge >= 0.3 is 0 Å². The highest BCUT2D eigenvalue weighted by Gasteiger charge is 2.00. The van der Waals surface area contributed by atoms with Crippen molar-refractivity contribution in [2.45, 2.75) is 70.4 Å². The minimum absolute atomic E-state index is 0.850. The molecule has 0 fully saturated rings. The second-order valence-electron chi connectivity index (χ2n) is 5.28. The number of anilines is 1. The molecule has 114 valence electrons. The van der Waals surface area contributed by atoms with E-state index < -0.39 is 0 Å². The van der Waals surface area contributed by atoms with Crippen LogP contribution in [0.1, 0.15) is 64.0 Å². The lowest BCUT2D eigenvalue weighted by atomic mass is 10.1. The normalized spacial score (nSPS) is 10.8. The Labute approximate surface area is 128 Å². The van der Waals surface area contributed by atoms with Crippen molar-refractivity contribution in [2.24, 2.45) is 0 Å². The minimum Gasteiger partial charge on any atom is -0.370 e. The summed E-state index contributed by atoms with van der Waals surface area (Å²) in [5.41, 5.74) is 1.03. The number of aromatic nitrogens is 2. The summed E-state index contributed by atoms with van der Waals surface area (Å²) in [5.74, 6) is 0.963. The van der Waals surface area contributed by atoms with E-state index in [4.69, 9.17) is 0 Å². The van der Waals surface area contributed by atoms with Crippen LogP contribution in [0.15, 0.2) is 11.2 Å². The molecule has 0 saturated carbocycles. The van der Waals surface area contributed by atoms with E-state index in [-0.39, 0.29) is 0 Å². The smallest absolute Gasteiger partial charge is 0.189 e. The molecule has 20 heavy (non-hydrogen) atoms. The van der Waals surface area contributed by atoms with E-state index in [1.54, 1.807) is 11.8 Å². The molecular formula is C16H29N3S. The van der Waals surface area contributed by atoms with Crippen LogP contribution in [0.4, 0.5) is 5.82 Å². The average Bonchev–Trinajstić information content (AvgIpc) is 2.45. The maximum absolute atomic E-state index is 4.46. The lowest BCUT2D eigenvalue weighted by Gasteiger charge is -2.07. The van der Waals surface area contributed by atoms with Crippen molar-refractivity contribution in [3.63, 3.8) is 0 Å². The van der Waals surface area contributed by atoms with Crippen molar-refractivity contribution in [3.8, 4) is 0 Å². The first kappa shape index (κ1) is 17.3. The Kier molecular flexibility index (Phi) is 9.46. The maximum atomic E-state index is 4.46.